The number of fused-ring (bicyclic) bond motifs is 1. The first kappa shape index (κ1) is 19.7. The topological polar surface area (TPSA) is 109 Å². The van der Waals surface area contributed by atoms with Crippen molar-refractivity contribution in [1.82, 2.24) is 5.32 Å². The summed E-state index contributed by atoms with van der Waals surface area (Å²) >= 11 is 0. The average molecular weight is 388 g/mol. The number of Topliss-reactive ketones (excluding diaryl/α,β-unsaturated/α-hetero) is 1. The number of nitrogens with two attached hydrogens (primary N) is 1. The molecule has 3 rings (SSSR count). The standard InChI is InChI=1S/C20H24N2O4S/c1-13-6-7-15(10-19(13)27(21,25)26)18(23)12-22-11-16-9-8-14-4-2-3-5-17(14)20(16)24/h2-7,10,16,18,22-23H,8-9,11-12H2,1H3,(H2,21,25,26)/t16-,18+/m1/s1. The maximum absolute atomic E-state index is 12.6. The van der Waals surface area contributed by atoms with Crippen LogP contribution >= 0.6 is 0 Å². The number of primary sulfonamides is 1. The van der Waals surface area contributed by atoms with E-state index in [4.69, 9.17) is 5.14 Å². The van der Waals surface area contributed by atoms with E-state index < -0.39 is 16.1 Å². The van der Waals surface area contributed by atoms with Crippen molar-refractivity contribution in [2.45, 2.75) is 30.8 Å². The molecule has 0 heterocycles. The van der Waals surface area contributed by atoms with E-state index in [-0.39, 0.29) is 23.1 Å². The fraction of sp³-hybridized carbons (Fsp3) is 0.350. The Kier molecular flexibility index (Phi) is 5.76. The highest BCUT2D eigenvalue weighted by Crippen LogP contribution is 2.25. The molecule has 0 amide bonds. The number of nitrogens with one attached hydrogen (secondary N) is 1. The smallest absolute Gasteiger partial charge is 0.238 e. The average Bonchev–Trinajstić information content (AvgIpc) is 2.63. The van der Waals surface area contributed by atoms with E-state index in [1.54, 1.807) is 19.1 Å². The summed E-state index contributed by atoms with van der Waals surface area (Å²) in [6.45, 7) is 2.34. The van der Waals surface area contributed by atoms with E-state index in [2.05, 4.69) is 5.32 Å². The van der Waals surface area contributed by atoms with Crippen molar-refractivity contribution in [2.24, 2.45) is 11.1 Å². The molecule has 4 N–H and O–H groups in total. The molecule has 2 aromatic rings. The van der Waals surface area contributed by atoms with Gasteiger partial charge in [-0.05, 0) is 42.5 Å². The Morgan fingerprint density at radius 3 is 2.74 bits per heavy atom. The highest BCUT2D eigenvalue weighted by Gasteiger charge is 2.26. The molecule has 7 heteroatoms. The van der Waals surface area contributed by atoms with E-state index in [0.29, 0.717) is 17.7 Å². The summed E-state index contributed by atoms with van der Waals surface area (Å²) in [5.74, 6) is 0.00999. The molecule has 6 nitrogen and oxygen atoms in total. The van der Waals surface area contributed by atoms with Gasteiger partial charge in [-0.15, -0.1) is 0 Å². The lowest BCUT2D eigenvalue weighted by Gasteiger charge is -2.24. The second-order valence-corrected chi connectivity index (χ2v) is 8.53. The van der Waals surface area contributed by atoms with E-state index in [1.807, 2.05) is 24.3 Å². The van der Waals surface area contributed by atoms with Crippen molar-refractivity contribution in [3.8, 4) is 0 Å². The van der Waals surface area contributed by atoms with Crippen LogP contribution in [0, 0.1) is 12.8 Å². The van der Waals surface area contributed by atoms with E-state index in [0.717, 1.165) is 24.0 Å². The van der Waals surface area contributed by atoms with Gasteiger partial charge >= 0.3 is 0 Å². The van der Waals surface area contributed by atoms with Crippen LogP contribution in [0.15, 0.2) is 47.4 Å². The minimum absolute atomic E-state index is 0.0121. The van der Waals surface area contributed by atoms with Crippen molar-refractivity contribution >= 4 is 15.8 Å². The maximum Gasteiger partial charge on any atom is 0.238 e. The predicted octanol–water partition coefficient (Wildman–Crippen LogP) is 1.71. The van der Waals surface area contributed by atoms with Gasteiger partial charge in [0.25, 0.3) is 0 Å². The number of aryl methyl sites for hydroxylation is 2. The zero-order valence-electron chi connectivity index (χ0n) is 15.2. The molecule has 0 fully saturated rings. The Labute approximate surface area is 159 Å². The number of benzene rings is 2. The van der Waals surface area contributed by atoms with Crippen LogP contribution in [0.3, 0.4) is 0 Å². The third-order valence-electron chi connectivity index (χ3n) is 5.05. The van der Waals surface area contributed by atoms with Crippen molar-refractivity contribution < 1.29 is 18.3 Å². The van der Waals surface area contributed by atoms with Gasteiger partial charge in [-0.3, -0.25) is 4.79 Å². The van der Waals surface area contributed by atoms with E-state index in [9.17, 15) is 18.3 Å². The van der Waals surface area contributed by atoms with Crippen LogP contribution < -0.4 is 10.5 Å². The van der Waals surface area contributed by atoms with Crippen LogP contribution in [0.5, 0.6) is 0 Å². The lowest BCUT2D eigenvalue weighted by molar-refractivity contribution is 0.0895. The van der Waals surface area contributed by atoms with Gasteiger partial charge in [-0.25, -0.2) is 13.6 Å². The van der Waals surface area contributed by atoms with E-state index >= 15 is 0 Å². The van der Waals surface area contributed by atoms with Crippen molar-refractivity contribution in [2.75, 3.05) is 13.1 Å². The number of rotatable bonds is 6. The summed E-state index contributed by atoms with van der Waals surface area (Å²) < 4.78 is 23.3. The lowest BCUT2D eigenvalue weighted by Crippen LogP contribution is -2.34. The molecule has 0 bridgehead atoms. The minimum Gasteiger partial charge on any atom is -0.387 e. The molecule has 0 saturated carbocycles. The second-order valence-electron chi connectivity index (χ2n) is 7.00. The van der Waals surface area contributed by atoms with Crippen molar-refractivity contribution in [3.05, 3.63) is 64.7 Å². The Morgan fingerprint density at radius 1 is 1.26 bits per heavy atom. The number of carbonyl (C=O) groups is 1. The predicted molar refractivity (Wildman–Crippen MR) is 103 cm³/mol. The first-order chi connectivity index (χ1) is 12.8. The van der Waals surface area contributed by atoms with Crippen molar-refractivity contribution in [3.63, 3.8) is 0 Å². The Bertz CT molecular complexity index is 956. The van der Waals surface area contributed by atoms with Crippen LogP contribution in [0.4, 0.5) is 0 Å². The largest absolute Gasteiger partial charge is 0.387 e. The number of sulfonamides is 1. The van der Waals surface area contributed by atoms with Gasteiger partial charge in [0.05, 0.1) is 11.0 Å². The Hall–Kier alpha value is -2.06. The van der Waals surface area contributed by atoms with Gasteiger partial charge in [-0.2, -0.15) is 0 Å². The molecule has 0 spiro atoms. The van der Waals surface area contributed by atoms with Gasteiger partial charge in [0.15, 0.2) is 5.78 Å². The molecular formula is C20H24N2O4S. The van der Waals surface area contributed by atoms with E-state index in [1.165, 1.54) is 6.07 Å². The quantitative estimate of drug-likeness (QED) is 0.698. The number of hydrogen-bond acceptors (Lipinski definition) is 5. The Balaban J connectivity index is 1.61. The SMILES string of the molecule is Cc1ccc([C@@H](O)CNC[C@H]2CCc3ccccc3C2=O)cc1S(N)(=O)=O. The molecule has 2 aromatic carbocycles. The summed E-state index contributed by atoms with van der Waals surface area (Å²) in [5, 5.41) is 18.7. The number of aliphatic hydroxyl groups is 1. The van der Waals surface area contributed by atoms with Crippen LogP contribution in [0.2, 0.25) is 0 Å². The molecule has 0 aliphatic heterocycles. The third-order valence-corrected chi connectivity index (χ3v) is 6.10. The fourth-order valence-electron chi connectivity index (χ4n) is 3.50. The summed E-state index contributed by atoms with van der Waals surface area (Å²) in [4.78, 5) is 12.6. The summed E-state index contributed by atoms with van der Waals surface area (Å²) in [6.07, 6.45) is 0.753. The van der Waals surface area contributed by atoms with Gasteiger partial charge in [0, 0.05) is 24.6 Å². The fourth-order valence-corrected chi connectivity index (χ4v) is 4.31. The van der Waals surface area contributed by atoms with Crippen molar-refractivity contribution in [1.29, 1.82) is 0 Å². The summed E-state index contributed by atoms with van der Waals surface area (Å²) in [6, 6.07) is 12.4. The van der Waals surface area contributed by atoms with Crippen LogP contribution in [-0.4, -0.2) is 32.4 Å². The summed E-state index contributed by atoms with van der Waals surface area (Å²) in [5.41, 5.74) is 2.88. The zero-order chi connectivity index (χ0) is 19.6. The Morgan fingerprint density at radius 2 is 2.00 bits per heavy atom. The second kappa shape index (κ2) is 7.90. The molecule has 27 heavy (non-hydrogen) atoms. The molecule has 2 atom stereocenters. The monoisotopic (exact) mass is 388 g/mol. The van der Waals surface area contributed by atoms with Gasteiger partial charge in [0.2, 0.25) is 10.0 Å². The van der Waals surface area contributed by atoms with Gasteiger partial charge in [-0.1, -0.05) is 36.4 Å². The maximum atomic E-state index is 12.6. The molecule has 0 unspecified atom stereocenters. The first-order valence-corrected chi connectivity index (χ1v) is 10.5. The molecule has 1 aliphatic rings. The number of aliphatic hydroxyl groups excluding tert-OH is 1. The highest BCUT2D eigenvalue weighted by molar-refractivity contribution is 7.89. The normalized spacial score (nSPS) is 18.2. The third kappa shape index (κ3) is 4.44. The summed E-state index contributed by atoms with van der Waals surface area (Å²) in [7, 11) is -3.84. The molecule has 144 valence electrons. The van der Waals surface area contributed by atoms with Crippen LogP contribution in [-0.2, 0) is 16.4 Å². The van der Waals surface area contributed by atoms with Crippen LogP contribution in [0.1, 0.15) is 39.6 Å². The molecule has 1 aliphatic carbocycles. The van der Waals surface area contributed by atoms with Gasteiger partial charge < -0.3 is 10.4 Å². The van der Waals surface area contributed by atoms with Crippen LogP contribution in [0.25, 0.3) is 0 Å². The first-order valence-electron chi connectivity index (χ1n) is 8.91. The molecule has 0 saturated heterocycles. The number of hydrogen-bond donors (Lipinski definition) is 3. The number of carbonyl (C=O) groups excluding carboxylic acids is 1. The molecule has 0 aromatic heterocycles. The minimum atomic E-state index is -3.84. The zero-order valence-corrected chi connectivity index (χ0v) is 16.0. The highest BCUT2D eigenvalue weighted by atomic mass is 32.2. The molecular weight excluding hydrogens is 364 g/mol. The number of ketones is 1. The lowest BCUT2D eigenvalue weighted by atomic mass is 9.83. The van der Waals surface area contributed by atoms with Gasteiger partial charge in [0.1, 0.15) is 0 Å². The molecule has 0 radical (unpaired) electrons.